The maximum atomic E-state index is 13.4. The predicted octanol–water partition coefficient (Wildman–Crippen LogP) is 4.11. The van der Waals surface area contributed by atoms with E-state index in [-0.39, 0.29) is 23.0 Å². The number of pyridine rings is 1. The van der Waals surface area contributed by atoms with Gasteiger partial charge in [-0.05, 0) is 81.8 Å². The molecule has 3 aliphatic carbocycles. The highest BCUT2D eigenvalue weighted by Gasteiger charge is 2.47. The summed E-state index contributed by atoms with van der Waals surface area (Å²) < 4.78 is 6.41. The van der Waals surface area contributed by atoms with Gasteiger partial charge in [0.05, 0.1) is 17.1 Å². The summed E-state index contributed by atoms with van der Waals surface area (Å²) in [4.78, 5) is 22.8. The van der Waals surface area contributed by atoms with Crippen LogP contribution in [0.3, 0.4) is 0 Å². The number of piperazine rings is 1. The van der Waals surface area contributed by atoms with Crippen molar-refractivity contribution in [2.45, 2.75) is 75.2 Å². The van der Waals surface area contributed by atoms with E-state index in [2.05, 4.69) is 39.2 Å². The molecule has 40 heavy (non-hydrogen) atoms. The molecule has 8 rings (SSSR count). The molecule has 206 valence electrons. The van der Waals surface area contributed by atoms with Gasteiger partial charge in [0, 0.05) is 65.2 Å². The van der Waals surface area contributed by atoms with Gasteiger partial charge in [-0.1, -0.05) is 6.07 Å². The average molecular weight is 537 g/mol. The third-order valence-corrected chi connectivity index (χ3v) is 9.96. The third-order valence-electron chi connectivity index (χ3n) is 9.96. The highest BCUT2D eigenvalue weighted by molar-refractivity contribution is 5.96. The Balaban J connectivity index is 1.09. The fraction of sp³-hybridized carbons (Fsp3) is 0.469. The van der Waals surface area contributed by atoms with E-state index in [0.29, 0.717) is 23.8 Å². The van der Waals surface area contributed by atoms with E-state index >= 15 is 0 Å². The SMILES string of the molecule is C[C@@H]1CN(c2ccc(C#N)c3ncccc23)C[C@@H]2COc3cc(C(=O)NC45CCC(N)(CC4)CC5)ccc3CN21. The number of fused-ring (bicyclic) bond motifs is 6. The molecule has 0 radical (unpaired) electrons. The second kappa shape index (κ2) is 9.46. The van der Waals surface area contributed by atoms with Crippen LogP contribution in [0, 0.1) is 11.3 Å². The second-order valence-electron chi connectivity index (χ2n) is 12.5. The Bertz CT molecular complexity index is 1510. The Morgan fingerprint density at radius 1 is 1.12 bits per heavy atom. The Morgan fingerprint density at radius 3 is 2.70 bits per heavy atom. The molecular weight excluding hydrogens is 500 g/mol. The topological polar surface area (TPSA) is 108 Å². The van der Waals surface area contributed by atoms with Crippen molar-refractivity contribution in [1.29, 1.82) is 5.26 Å². The number of aromatic nitrogens is 1. The molecule has 0 unspecified atom stereocenters. The zero-order chi connectivity index (χ0) is 27.5. The lowest BCUT2D eigenvalue weighted by Crippen LogP contribution is -2.61. The smallest absolute Gasteiger partial charge is 0.251 e. The molecule has 4 fully saturated rings. The number of rotatable bonds is 3. The third kappa shape index (κ3) is 4.29. The number of ether oxygens (including phenoxy) is 1. The maximum absolute atomic E-state index is 13.4. The number of hydrogen-bond donors (Lipinski definition) is 2. The highest BCUT2D eigenvalue weighted by Crippen LogP contribution is 2.45. The van der Waals surface area contributed by atoms with Crippen LogP contribution in [0.4, 0.5) is 5.69 Å². The van der Waals surface area contributed by atoms with Crippen molar-refractivity contribution in [3.63, 3.8) is 0 Å². The Kier molecular flexibility index (Phi) is 5.99. The lowest BCUT2D eigenvalue weighted by atomic mass is 9.62. The second-order valence-corrected chi connectivity index (χ2v) is 12.5. The molecule has 3 N–H and O–H groups in total. The van der Waals surface area contributed by atoms with Crippen molar-refractivity contribution in [2.75, 3.05) is 24.6 Å². The van der Waals surface area contributed by atoms with Crippen LogP contribution in [0.25, 0.3) is 10.9 Å². The first-order valence-electron chi connectivity index (χ1n) is 14.5. The lowest BCUT2D eigenvalue weighted by Gasteiger charge is -2.52. The van der Waals surface area contributed by atoms with E-state index in [1.165, 1.54) is 0 Å². The number of nitrogens with one attached hydrogen (secondary N) is 1. The summed E-state index contributed by atoms with van der Waals surface area (Å²) in [5.41, 5.74) is 10.6. The largest absolute Gasteiger partial charge is 0.492 e. The van der Waals surface area contributed by atoms with E-state index in [1.54, 1.807) is 6.20 Å². The van der Waals surface area contributed by atoms with Crippen LogP contribution in [0.15, 0.2) is 48.7 Å². The van der Waals surface area contributed by atoms with Gasteiger partial charge in [-0.3, -0.25) is 14.7 Å². The van der Waals surface area contributed by atoms with Crippen LogP contribution in [-0.4, -0.2) is 58.6 Å². The van der Waals surface area contributed by atoms with E-state index in [1.807, 2.05) is 36.4 Å². The van der Waals surface area contributed by atoms with Crippen molar-refractivity contribution in [1.82, 2.24) is 15.2 Å². The van der Waals surface area contributed by atoms with Gasteiger partial charge < -0.3 is 20.7 Å². The molecule has 1 amide bonds. The van der Waals surface area contributed by atoms with Gasteiger partial charge in [0.2, 0.25) is 0 Å². The number of amides is 1. The van der Waals surface area contributed by atoms with Crippen LogP contribution >= 0.6 is 0 Å². The molecule has 1 saturated heterocycles. The molecule has 3 saturated carbocycles. The van der Waals surface area contributed by atoms with Gasteiger partial charge >= 0.3 is 0 Å². The summed E-state index contributed by atoms with van der Waals surface area (Å²) in [6.07, 6.45) is 7.60. The van der Waals surface area contributed by atoms with Crippen LogP contribution in [0.1, 0.15) is 66.9 Å². The molecule has 8 nitrogen and oxygen atoms in total. The molecule has 2 bridgehead atoms. The number of nitrogens with zero attached hydrogens (tertiary/aromatic N) is 4. The van der Waals surface area contributed by atoms with Crippen molar-refractivity contribution in [3.05, 3.63) is 65.4 Å². The molecule has 2 aliphatic heterocycles. The van der Waals surface area contributed by atoms with Crippen LogP contribution in [-0.2, 0) is 6.54 Å². The Hall–Kier alpha value is -3.67. The summed E-state index contributed by atoms with van der Waals surface area (Å²) >= 11 is 0. The minimum Gasteiger partial charge on any atom is -0.492 e. The zero-order valence-electron chi connectivity index (χ0n) is 23.0. The lowest BCUT2D eigenvalue weighted by molar-refractivity contribution is 0.0628. The van der Waals surface area contributed by atoms with Crippen LogP contribution in [0.2, 0.25) is 0 Å². The predicted molar refractivity (Wildman–Crippen MR) is 154 cm³/mol. The number of carbonyl (C=O) groups excluding carboxylic acids is 1. The van der Waals surface area contributed by atoms with E-state index in [0.717, 1.165) is 86.1 Å². The van der Waals surface area contributed by atoms with Gasteiger partial charge in [-0.2, -0.15) is 5.26 Å². The van der Waals surface area contributed by atoms with Crippen LogP contribution < -0.4 is 20.7 Å². The zero-order valence-corrected chi connectivity index (χ0v) is 23.0. The number of hydrogen-bond acceptors (Lipinski definition) is 7. The number of anilines is 1. The standard InChI is InChI=1S/C32H36N6O2/c1-21-17-37(27-7-6-23(16-33)29-26(27)3-2-14-35-29)19-25-20-40-28-15-22(4-5-24(28)18-38(21)25)30(39)36-32-11-8-31(34,9-12-32)10-13-32/h2-7,14-15,21,25H,8-13,17-20,34H2,1H3,(H,36,39)/t21-,25-,31?,32?/m1/s1. The summed E-state index contributed by atoms with van der Waals surface area (Å²) in [6, 6.07) is 16.6. The fourth-order valence-electron chi connectivity index (χ4n) is 7.43. The normalized spacial score (nSPS) is 29.6. The summed E-state index contributed by atoms with van der Waals surface area (Å²) in [5, 5.41) is 14.0. The first-order chi connectivity index (χ1) is 19.4. The van der Waals surface area contributed by atoms with Gasteiger partial charge in [-0.15, -0.1) is 0 Å². The molecule has 2 aromatic carbocycles. The van der Waals surface area contributed by atoms with Crippen LogP contribution in [0.5, 0.6) is 5.75 Å². The molecule has 3 heterocycles. The summed E-state index contributed by atoms with van der Waals surface area (Å²) in [6.45, 7) is 5.28. The maximum Gasteiger partial charge on any atom is 0.251 e. The quantitative estimate of drug-likeness (QED) is 0.519. The van der Waals surface area contributed by atoms with Crippen molar-refractivity contribution < 1.29 is 9.53 Å². The average Bonchev–Trinajstić information content (AvgIpc) is 3.17. The van der Waals surface area contributed by atoms with Gasteiger partial charge in [0.25, 0.3) is 5.91 Å². The first kappa shape index (κ1) is 25.3. The van der Waals surface area contributed by atoms with Crippen molar-refractivity contribution in [3.8, 4) is 11.8 Å². The Labute approximate surface area is 235 Å². The number of benzene rings is 2. The molecule has 3 aromatic rings. The van der Waals surface area contributed by atoms with Crippen molar-refractivity contribution in [2.24, 2.45) is 5.73 Å². The minimum absolute atomic E-state index is 0.0133. The van der Waals surface area contributed by atoms with E-state index < -0.39 is 0 Å². The summed E-state index contributed by atoms with van der Waals surface area (Å²) in [5.74, 6) is 0.792. The minimum atomic E-state index is -0.115. The number of carbonyl (C=O) groups is 1. The van der Waals surface area contributed by atoms with E-state index in [4.69, 9.17) is 10.5 Å². The molecule has 2 atom stereocenters. The summed E-state index contributed by atoms with van der Waals surface area (Å²) in [7, 11) is 0. The number of nitriles is 1. The molecule has 0 spiro atoms. The van der Waals surface area contributed by atoms with Gasteiger partial charge in [-0.25, -0.2) is 0 Å². The number of nitrogens with two attached hydrogens (primary N) is 1. The molecule has 1 aromatic heterocycles. The van der Waals surface area contributed by atoms with Crippen molar-refractivity contribution >= 4 is 22.5 Å². The van der Waals surface area contributed by atoms with Gasteiger partial charge in [0.15, 0.2) is 0 Å². The highest BCUT2D eigenvalue weighted by atomic mass is 16.5. The Morgan fingerprint density at radius 2 is 1.93 bits per heavy atom. The molecular formula is C32H36N6O2. The van der Waals surface area contributed by atoms with E-state index in [9.17, 15) is 10.1 Å². The fourth-order valence-corrected chi connectivity index (χ4v) is 7.43. The monoisotopic (exact) mass is 536 g/mol. The van der Waals surface area contributed by atoms with Gasteiger partial charge in [0.1, 0.15) is 18.4 Å². The first-order valence-corrected chi connectivity index (χ1v) is 14.5. The molecule has 8 heteroatoms. The molecule has 5 aliphatic rings.